The summed E-state index contributed by atoms with van der Waals surface area (Å²) in [6.45, 7) is 2.53. The van der Waals surface area contributed by atoms with Gasteiger partial charge in [-0.1, -0.05) is 0 Å². The van der Waals surface area contributed by atoms with Crippen LogP contribution in [0.2, 0.25) is 0 Å². The Morgan fingerprint density at radius 3 is 2.86 bits per heavy atom. The fourth-order valence-corrected chi connectivity index (χ4v) is 2.88. The van der Waals surface area contributed by atoms with Crippen molar-refractivity contribution in [2.24, 2.45) is 0 Å². The predicted molar refractivity (Wildman–Crippen MR) is 98.9 cm³/mol. The maximum atomic E-state index is 14.4. The normalized spacial score (nSPS) is 12.7. The third-order valence-electron chi connectivity index (χ3n) is 4.44. The number of pyridine rings is 3. The first-order chi connectivity index (χ1) is 13.5. The van der Waals surface area contributed by atoms with Crippen LogP contribution in [0.4, 0.5) is 26.1 Å². The van der Waals surface area contributed by atoms with Crippen molar-refractivity contribution in [3.8, 4) is 11.6 Å². The molecule has 0 amide bonds. The number of halogens is 2. The summed E-state index contributed by atoms with van der Waals surface area (Å²) < 4.78 is 39.3. The van der Waals surface area contributed by atoms with E-state index in [-0.39, 0.29) is 29.7 Å². The Morgan fingerprint density at radius 2 is 2.00 bits per heavy atom. The number of nitrogens with two attached hydrogens (primary N) is 1. The molecular formula is C19H17F2N5O2. The lowest BCUT2D eigenvalue weighted by molar-refractivity contribution is 0.163. The van der Waals surface area contributed by atoms with Gasteiger partial charge in [0.05, 0.1) is 11.9 Å². The molecule has 0 spiro atoms. The molecule has 7 nitrogen and oxygen atoms in total. The lowest BCUT2D eigenvalue weighted by atomic mass is 10.0. The smallest absolute Gasteiger partial charge is 0.259 e. The second-order valence-corrected chi connectivity index (χ2v) is 6.26. The Kier molecular flexibility index (Phi) is 4.64. The third-order valence-corrected chi connectivity index (χ3v) is 4.44. The van der Waals surface area contributed by atoms with Gasteiger partial charge in [0.15, 0.2) is 29.0 Å². The second kappa shape index (κ2) is 7.26. The zero-order valence-electron chi connectivity index (χ0n) is 15.0. The molecular weight excluding hydrogens is 368 g/mol. The zero-order valence-corrected chi connectivity index (χ0v) is 15.0. The highest BCUT2D eigenvalue weighted by Crippen LogP contribution is 2.33. The first kappa shape index (κ1) is 17.9. The minimum atomic E-state index is -0.581. The minimum Gasteiger partial charge on any atom is -0.484 e. The van der Waals surface area contributed by atoms with Crippen LogP contribution in [0.1, 0.15) is 16.7 Å². The Hall–Kier alpha value is -3.49. The zero-order chi connectivity index (χ0) is 19.7. The number of anilines is 3. The molecule has 3 N–H and O–H groups in total. The molecule has 0 saturated carbocycles. The predicted octanol–water partition coefficient (Wildman–Crippen LogP) is 3.15. The Balaban J connectivity index is 1.63. The van der Waals surface area contributed by atoms with Gasteiger partial charge >= 0.3 is 0 Å². The van der Waals surface area contributed by atoms with Crippen molar-refractivity contribution in [3.63, 3.8) is 0 Å². The molecule has 0 atom stereocenters. The van der Waals surface area contributed by atoms with Crippen LogP contribution in [-0.4, -0.2) is 28.2 Å². The van der Waals surface area contributed by atoms with Crippen LogP contribution in [0.3, 0.4) is 0 Å². The number of nitrogen functional groups attached to an aromatic ring is 1. The summed E-state index contributed by atoms with van der Waals surface area (Å²) >= 11 is 0. The highest BCUT2D eigenvalue weighted by atomic mass is 19.1. The summed E-state index contributed by atoms with van der Waals surface area (Å²) in [6, 6.07) is 2.79. The van der Waals surface area contributed by atoms with Gasteiger partial charge in [-0.05, 0) is 29.7 Å². The quantitative estimate of drug-likeness (QED) is 0.712. The van der Waals surface area contributed by atoms with Crippen LogP contribution < -0.4 is 20.5 Å². The van der Waals surface area contributed by atoms with Gasteiger partial charge in [0.2, 0.25) is 0 Å². The van der Waals surface area contributed by atoms with E-state index in [9.17, 15) is 8.78 Å². The lowest BCUT2D eigenvalue weighted by Gasteiger charge is -2.19. The topological polar surface area (TPSA) is 95.2 Å². The molecule has 9 heteroatoms. The van der Waals surface area contributed by atoms with Crippen molar-refractivity contribution in [1.82, 2.24) is 15.0 Å². The Bertz CT molecular complexity index is 1050. The van der Waals surface area contributed by atoms with E-state index in [2.05, 4.69) is 20.3 Å². The van der Waals surface area contributed by atoms with Crippen molar-refractivity contribution in [3.05, 3.63) is 59.0 Å². The third kappa shape index (κ3) is 3.38. The summed E-state index contributed by atoms with van der Waals surface area (Å²) in [5, 5.41) is 2.93. The van der Waals surface area contributed by atoms with E-state index in [0.717, 1.165) is 11.1 Å². The van der Waals surface area contributed by atoms with Crippen LogP contribution in [0.25, 0.3) is 0 Å². The summed E-state index contributed by atoms with van der Waals surface area (Å²) in [7, 11) is 0. The van der Waals surface area contributed by atoms with Gasteiger partial charge in [-0.3, -0.25) is 4.98 Å². The van der Waals surface area contributed by atoms with Crippen molar-refractivity contribution in [2.45, 2.75) is 13.3 Å². The van der Waals surface area contributed by atoms with Crippen LogP contribution >= 0.6 is 0 Å². The van der Waals surface area contributed by atoms with Gasteiger partial charge < -0.3 is 20.5 Å². The monoisotopic (exact) mass is 385 g/mol. The van der Waals surface area contributed by atoms with Gasteiger partial charge in [-0.25, -0.2) is 13.8 Å². The van der Waals surface area contributed by atoms with Gasteiger partial charge in [-0.2, -0.15) is 4.98 Å². The Labute approximate surface area is 159 Å². The van der Waals surface area contributed by atoms with Gasteiger partial charge in [0.1, 0.15) is 13.2 Å². The standard InChI is InChI=1S/C19H17F2N5O2/c1-10-12(6-11-2-3-24-17(22)16(11)21)8-23-9-14(10)25-18-13(20)7-15-19(26-18)28-5-4-27-15/h2-3,7-9H,4-6H2,1H3,(H2,22,24)(H,25,26). The van der Waals surface area contributed by atoms with Gasteiger partial charge in [0.25, 0.3) is 5.88 Å². The van der Waals surface area contributed by atoms with Crippen LogP contribution in [0.5, 0.6) is 11.6 Å². The number of rotatable bonds is 4. The number of aromatic nitrogens is 3. The van der Waals surface area contributed by atoms with Crippen molar-refractivity contribution in [2.75, 3.05) is 24.3 Å². The van der Waals surface area contributed by atoms with Crippen LogP contribution in [0.15, 0.2) is 30.7 Å². The fourth-order valence-electron chi connectivity index (χ4n) is 2.88. The number of nitrogens with one attached hydrogen (secondary N) is 1. The molecule has 0 aliphatic carbocycles. The van der Waals surface area contributed by atoms with E-state index in [1.165, 1.54) is 12.3 Å². The largest absolute Gasteiger partial charge is 0.484 e. The van der Waals surface area contributed by atoms with E-state index in [0.29, 0.717) is 24.5 Å². The second-order valence-electron chi connectivity index (χ2n) is 6.26. The first-order valence-electron chi connectivity index (χ1n) is 8.58. The number of ether oxygens (including phenoxy) is 2. The van der Waals surface area contributed by atoms with Crippen molar-refractivity contribution in [1.29, 1.82) is 0 Å². The molecule has 4 rings (SSSR count). The SMILES string of the molecule is Cc1c(Cc2ccnc(N)c2F)cncc1Nc1nc2c(cc1F)OCCO2. The average molecular weight is 385 g/mol. The molecule has 3 aromatic rings. The molecule has 1 aliphatic heterocycles. The molecule has 0 saturated heterocycles. The van der Waals surface area contributed by atoms with E-state index in [1.54, 1.807) is 18.5 Å². The maximum absolute atomic E-state index is 14.4. The van der Waals surface area contributed by atoms with Gasteiger partial charge in [0, 0.05) is 24.9 Å². The van der Waals surface area contributed by atoms with E-state index in [4.69, 9.17) is 15.2 Å². The number of fused-ring (bicyclic) bond motifs is 1. The molecule has 144 valence electrons. The molecule has 0 aromatic carbocycles. The molecule has 1 aliphatic rings. The lowest BCUT2D eigenvalue weighted by Crippen LogP contribution is -2.17. The number of nitrogens with zero attached hydrogens (tertiary/aromatic N) is 3. The van der Waals surface area contributed by atoms with E-state index < -0.39 is 11.6 Å². The maximum Gasteiger partial charge on any atom is 0.259 e. The van der Waals surface area contributed by atoms with Crippen LogP contribution in [-0.2, 0) is 6.42 Å². The minimum absolute atomic E-state index is 0.00867. The number of hydrogen-bond donors (Lipinski definition) is 2. The van der Waals surface area contributed by atoms with Crippen LogP contribution in [0, 0.1) is 18.6 Å². The number of hydrogen-bond acceptors (Lipinski definition) is 7. The van der Waals surface area contributed by atoms with E-state index >= 15 is 0 Å². The van der Waals surface area contributed by atoms with E-state index in [1.807, 2.05) is 6.92 Å². The molecule has 4 heterocycles. The fraction of sp³-hybridized carbons (Fsp3) is 0.211. The summed E-state index contributed by atoms with van der Waals surface area (Å²) in [6.07, 6.45) is 4.90. The highest BCUT2D eigenvalue weighted by molar-refractivity contribution is 5.63. The average Bonchev–Trinajstić information content (AvgIpc) is 2.69. The van der Waals surface area contributed by atoms with Crippen molar-refractivity contribution >= 4 is 17.3 Å². The molecule has 0 fully saturated rings. The molecule has 3 aromatic heterocycles. The Morgan fingerprint density at radius 1 is 1.18 bits per heavy atom. The highest BCUT2D eigenvalue weighted by Gasteiger charge is 2.19. The summed E-state index contributed by atoms with van der Waals surface area (Å²) in [4.78, 5) is 12.0. The summed E-state index contributed by atoms with van der Waals surface area (Å²) in [5.74, 6) is -0.803. The molecule has 0 unspecified atom stereocenters. The van der Waals surface area contributed by atoms with Gasteiger partial charge in [-0.15, -0.1) is 0 Å². The summed E-state index contributed by atoms with van der Waals surface area (Å²) in [5.41, 5.74) is 8.01. The molecule has 0 radical (unpaired) electrons. The van der Waals surface area contributed by atoms with Crippen molar-refractivity contribution < 1.29 is 18.3 Å². The first-order valence-corrected chi connectivity index (χ1v) is 8.58. The molecule has 28 heavy (non-hydrogen) atoms. The molecule has 0 bridgehead atoms.